The van der Waals surface area contributed by atoms with Gasteiger partial charge in [-0.3, -0.25) is 9.89 Å². The van der Waals surface area contributed by atoms with E-state index in [1.165, 1.54) is 0 Å². The Morgan fingerprint density at radius 3 is 2.32 bits per heavy atom. The van der Waals surface area contributed by atoms with Gasteiger partial charge < -0.3 is 19.9 Å². The Morgan fingerprint density at radius 2 is 1.70 bits per heavy atom. The Hall–Kier alpha value is -2.52. The molecular weight excluding hydrogens is 486 g/mol. The van der Waals surface area contributed by atoms with Crippen LogP contribution in [0.2, 0.25) is 0 Å². The molecule has 0 bridgehead atoms. The molecule has 0 aromatic heterocycles. The van der Waals surface area contributed by atoms with Gasteiger partial charge >= 0.3 is 0 Å². The molecule has 1 aromatic carbocycles. The van der Waals surface area contributed by atoms with Crippen molar-refractivity contribution in [1.82, 2.24) is 20.0 Å². The summed E-state index contributed by atoms with van der Waals surface area (Å²) in [5.74, 6) is 3.00. The fourth-order valence-electron chi connectivity index (χ4n) is 4.47. The molecule has 3 aliphatic heterocycles. The Labute approximate surface area is 227 Å². The van der Waals surface area contributed by atoms with Crippen molar-refractivity contribution >= 4 is 29.1 Å². The summed E-state index contributed by atoms with van der Waals surface area (Å²) in [4.78, 5) is 22.0. The van der Waals surface area contributed by atoms with Crippen molar-refractivity contribution < 1.29 is 4.74 Å². The van der Waals surface area contributed by atoms with Crippen molar-refractivity contribution in [3.8, 4) is 0 Å². The lowest BCUT2D eigenvalue weighted by Crippen LogP contribution is -2.45. The molecular formula is C28H42ClN7O. The van der Waals surface area contributed by atoms with Gasteiger partial charge in [-0.15, -0.1) is 0 Å². The molecule has 0 saturated carbocycles. The van der Waals surface area contributed by atoms with Gasteiger partial charge in [0, 0.05) is 51.4 Å². The first-order valence-electron chi connectivity index (χ1n) is 12.7. The minimum Gasteiger partial charge on any atom is -0.379 e. The normalized spacial score (nSPS) is 22.4. The van der Waals surface area contributed by atoms with Crippen LogP contribution in [0, 0.1) is 0 Å². The van der Waals surface area contributed by atoms with Crippen LogP contribution < -0.4 is 5.32 Å². The summed E-state index contributed by atoms with van der Waals surface area (Å²) in [5.41, 5.74) is 3.03. The van der Waals surface area contributed by atoms with Gasteiger partial charge in [0.15, 0.2) is 5.84 Å². The van der Waals surface area contributed by atoms with Crippen LogP contribution >= 0.6 is 11.6 Å². The van der Waals surface area contributed by atoms with Crippen molar-refractivity contribution in [2.75, 3.05) is 72.6 Å². The first kappa shape index (κ1) is 29.0. The molecule has 3 heterocycles. The van der Waals surface area contributed by atoms with Gasteiger partial charge in [0.1, 0.15) is 17.5 Å². The van der Waals surface area contributed by atoms with E-state index in [1.807, 2.05) is 37.3 Å². The second-order valence-corrected chi connectivity index (χ2v) is 10.2. The molecule has 2 fully saturated rings. The third kappa shape index (κ3) is 7.74. The number of nitrogens with zero attached hydrogens (tertiary/aromatic N) is 6. The smallest absolute Gasteiger partial charge is 0.160 e. The summed E-state index contributed by atoms with van der Waals surface area (Å²) in [7, 11) is 2.15. The third-order valence-corrected chi connectivity index (χ3v) is 6.74. The molecule has 9 heteroatoms. The quantitative estimate of drug-likeness (QED) is 0.609. The van der Waals surface area contributed by atoms with E-state index >= 15 is 0 Å². The zero-order valence-corrected chi connectivity index (χ0v) is 22.7. The van der Waals surface area contributed by atoms with E-state index in [-0.39, 0.29) is 7.43 Å². The minimum atomic E-state index is 0. The van der Waals surface area contributed by atoms with E-state index in [1.54, 1.807) is 0 Å². The first-order chi connectivity index (χ1) is 17.4. The number of morpholine rings is 1. The number of halogens is 1. The minimum absolute atomic E-state index is 0. The number of amidine groups is 3. The largest absolute Gasteiger partial charge is 0.379 e. The Bertz CT molecular complexity index is 1060. The fraction of sp³-hybridized carbons (Fsp3) is 0.536. The van der Waals surface area contributed by atoms with E-state index in [4.69, 9.17) is 31.3 Å². The van der Waals surface area contributed by atoms with Crippen LogP contribution in [0.1, 0.15) is 33.8 Å². The van der Waals surface area contributed by atoms with E-state index in [0.717, 1.165) is 93.2 Å². The second-order valence-electron chi connectivity index (χ2n) is 9.59. The average molecular weight is 528 g/mol. The van der Waals surface area contributed by atoms with Crippen molar-refractivity contribution in [3.63, 3.8) is 0 Å². The molecule has 4 rings (SSSR count). The van der Waals surface area contributed by atoms with Crippen LogP contribution in [0.3, 0.4) is 0 Å². The molecule has 202 valence electrons. The summed E-state index contributed by atoms with van der Waals surface area (Å²) in [6, 6.07) is 10.1. The third-order valence-electron chi connectivity index (χ3n) is 6.57. The van der Waals surface area contributed by atoms with Gasteiger partial charge in [-0.25, -0.2) is 9.98 Å². The molecule has 0 spiro atoms. The number of likely N-dealkylation sites (N-methyl/N-ethyl adjacent to an activating group) is 1. The van der Waals surface area contributed by atoms with Crippen molar-refractivity contribution in [3.05, 3.63) is 57.9 Å². The lowest BCUT2D eigenvalue weighted by atomic mass is 10.1. The Balaban J connectivity index is 0.00000380. The zero-order chi connectivity index (χ0) is 25.5. The number of benzene rings is 1. The highest BCUT2D eigenvalue weighted by Crippen LogP contribution is 2.22. The van der Waals surface area contributed by atoms with Crippen molar-refractivity contribution in [2.45, 2.75) is 28.2 Å². The summed E-state index contributed by atoms with van der Waals surface area (Å²) in [5, 5.41) is 4.19. The van der Waals surface area contributed by atoms with Crippen molar-refractivity contribution in [2.24, 2.45) is 15.0 Å². The number of nitrogens with one attached hydrogen (secondary N) is 1. The van der Waals surface area contributed by atoms with Gasteiger partial charge in [-0.1, -0.05) is 54.9 Å². The van der Waals surface area contributed by atoms with Crippen LogP contribution in [0.5, 0.6) is 0 Å². The highest BCUT2D eigenvalue weighted by Gasteiger charge is 2.26. The fourth-order valence-corrected chi connectivity index (χ4v) is 4.64. The number of allylic oxidation sites excluding steroid dienone is 2. The molecule has 0 amide bonds. The zero-order valence-electron chi connectivity index (χ0n) is 21.9. The number of piperazine rings is 1. The molecule has 1 aromatic rings. The predicted octanol–water partition coefficient (Wildman–Crippen LogP) is 3.81. The maximum absolute atomic E-state index is 6.62. The molecule has 8 nitrogen and oxygen atoms in total. The number of rotatable bonds is 6. The Kier molecular flexibility index (Phi) is 10.9. The van der Waals surface area contributed by atoms with E-state index in [2.05, 4.69) is 40.9 Å². The molecule has 2 saturated heterocycles. The summed E-state index contributed by atoms with van der Waals surface area (Å²) >= 11 is 6.62. The number of hydrogen-bond donors (Lipinski definition) is 1. The van der Waals surface area contributed by atoms with Gasteiger partial charge in [-0.2, -0.15) is 0 Å². The monoisotopic (exact) mass is 527 g/mol. The molecule has 0 unspecified atom stereocenters. The van der Waals surface area contributed by atoms with Crippen LogP contribution in [0.15, 0.2) is 67.3 Å². The topological polar surface area (TPSA) is 68.1 Å². The molecule has 0 aliphatic carbocycles. The van der Waals surface area contributed by atoms with E-state index in [0.29, 0.717) is 17.4 Å². The first-order valence-corrected chi connectivity index (χ1v) is 13.1. The van der Waals surface area contributed by atoms with Gasteiger partial charge in [0.25, 0.3) is 0 Å². The Morgan fingerprint density at radius 1 is 1.03 bits per heavy atom. The highest BCUT2D eigenvalue weighted by atomic mass is 35.5. The maximum Gasteiger partial charge on any atom is 0.160 e. The van der Waals surface area contributed by atoms with E-state index in [9.17, 15) is 0 Å². The van der Waals surface area contributed by atoms with Gasteiger partial charge in [0.2, 0.25) is 0 Å². The highest BCUT2D eigenvalue weighted by molar-refractivity contribution is 6.34. The number of hydrogen-bond acceptors (Lipinski definition) is 6. The van der Waals surface area contributed by atoms with Crippen LogP contribution in [-0.2, 0) is 4.74 Å². The van der Waals surface area contributed by atoms with Crippen LogP contribution in [-0.4, -0.2) is 105 Å². The molecule has 0 atom stereocenters. The second kappa shape index (κ2) is 13.9. The summed E-state index contributed by atoms with van der Waals surface area (Å²) in [6.07, 6.45) is 0. The summed E-state index contributed by atoms with van der Waals surface area (Å²) < 4.78 is 5.48. The number of aliphatic imine (C=N–C) groups is 3. The summed E-state index contributed by atoms with van der Waals surface area (Å²) in [6.45, 7) is 14.8. The lowest BCUT2D eigenvalue weighted by molar-refractivity contribution is 0.0394. The van der Waals surface area contributed by atoms with Gasteiger partial charge in [0.05, 0.1) is 30.4 Å². The van der Waals surface area contributed by atoms with E-state index < -0.39 is 0 Å². The molecule has 1 N–H and O–H groups in total. The average Bonchev–Trinajstić information content (AvgIpc) is 2.88. The predicted molar refractivity (Wildman–Crippen MR) is 156 cm³/mol. The lowest BCUT2D eigenvalue weighted by Gasteiger charge is -2.34. The SMILES string of the molecule is C.CC(C)=C1C(=NCCN2CCOCC2)N=C(c2ccccc2)N/C1=N/C(=C(\C)Cl)N1CCN(C)CC1. The number of ether oxygens (including phenoxy) is 1. The molecule has 0 radical (unpaired) electrons. The van der Waals surface area contributed by atoms with Gasteiger partial charge in [-0.05, 0) is 27.8 Å². The van der Waals surface area contributed by atoms with Crippen molar-refractivity contribution in [1.29, 1.82) is 0 Å². The molecule has 3 aliphatic rings. The maximum atomic E-state index is 6.62. The standard InChI is InChI=1S/C27H38ClN7O.CH4/c1-20(2)23-25(29-10-11-34-16-18-36-19-17-34)30-24(22-8-6-5-7-9-22)31-26(23)32-27(21(3)28)35-14-12-33(4)13-15-35;/h5-9H,10-19H2,1-4H3,(H,29,30,31,32);1H4/b27-21-;. The molecule has 37 heavy (non-hydrogen) atoms. The van der Waals surface area contributed by atoms with Crippen LogP contribution in [0.25, 0.3) is 0 Å². The van der Waals surface area contributed by atoms with Crippen LogP contribution in [0.4, 0.5) is 0 Å².